The highest BCUT2D eigenvalue weighted by Gasteiger charge is 2.10. The number of hydrazine groups is 1. The summed E-state index contributed by atoms with van der Waals surface area (Å²) in [6.45, 7) is 2.03. The number of aromatic nitrogens is 1. The molecule has 0 unspecified atom stereocenters. The first-order valence-corrected chi connectivity index (χ1v) is 7.22. The number of rotatable bonds is 3. The first-order chi connectivity index (χ1) is 10.2. The molecule has 0 spiro atoms. The summed E-state index contributed by atoms with van der Waals surface area (Å²) in [6, 6.07) is 12.9. The molecule has 0 radical (unpaired) electrons. The van der Waals surface area contributed by atoms with E-state index in [1.54, 1.807) is 24.3 Å². The van der Waals surface area contributed by atoms with Crippen LogP contribution in [0.3, 0.4) is 0 Å². The van der Waals surface area contributed by atoms with Crippen LogP contribution in [0.2, 0.25) is 0 Å². The predicted molar refractivity (Wildman–Crippen MR) is 86.6 cm³/mol. The number of fused-ring (bicyclic) bond motifs is 1. The fraction of sp³-hybridized carbons (Fsp3) is 0.0667. The normalized spacial score (nSPS) is 10.6. The summed E-state index contributed by atoms with van der Waals surface area (Å²) >= 11 is 1.47. The summed E-state index contributed by atoms with van der Waals surface area (Å²) in [5.41, 5.74) is 5.90. The van der Waals surface area contributed by atoms with Gasteiger partial charge in [0.25, 0.3) is 5.91 Å². The SMILES string of the molecule is Cc1ccc2nc(NC(=O)c3ccc(NN)cc3)sc2c1. The van der Waals surface area contributed by atoms with Crippen LogP contribution in [0.1, 0.15) is 15.9 Å². The maximum atomic E-state index is 12.2. The van der Waals surface area contributed by atoms with Crippen molar-refractivity contribution in [3.05, 3.63) is 53.6 Å². The van der Waals surface area contributed by atoms with Crippen LogP contribution >= 0.6 is 11.3 Å². The zero-order valence-corrected chi connectivity index (χ0v) is 12.2. The Balaban J connectivity index is 1.81. The summed E-state index contributed by atoms with van der Waals surface area (Å²) in [5, 5.41) is 3.42. The minimum atomic E-state index is -0.186. The van der Waals surface area contributed by atoms with Gasteiger partial charge in [-0.05, 0) is 48.9 Å². The van der Waals surface area contributed by atoms with Crippen molar-refractivity contribution in [2.45, 2.75) is 6.92 Å². The number of benzene rings is 2. The zero-order valence-electron chi connectivity index (χ0n) is 11.4. The van der Waals surface area contributed by atoms with Crippen molar-refractivity contribution in [2.75, 3.05) is 10.7 Å². The van der Waals surface area contributed by atoms with Gasteiger partial charge in [-0.3, -0.25) is 16.0 Å². The molecule has 1 amide bonds. The zero-order chi connectivity index (χ0) is 14.8. The lowest BCUT2D eigenvalue weighted by atomic mass is 10.2. The number of hydrogen-bond acceptors (Lipinski definition) is 5. The van der Waals surface area contributed by atoms with E-state index in [1.165, 1.54) is 16.9 Å². The van der Waals surface area contributed by atoms with E-state index in [9.17, 15) is 4.79 Å². The molecular weight excluding hydrogens is 284 g/mol. The molecule has 5 nitrogen and oxygen atoms in total. The number of amides is 1. The Morgan fingerprint density at radius 3 is 2.67 bits per heavy atom. The van der Waals surface area contributed by atoms with Crippen molar-refractivity contribution in [1.82, 2.24) is 4.98 Å². The van der Waals surface area contributed by atoms with Crippen LogP contribution in [0.4, 0.5) is 10.8 Å². The monoisotopic (exact) mass is 298 g/mol. The van der Waals surface area contributed by atoms with Gasteiger partial charge in [-0.2, -0.15) is 0 Å². The van der Waals surface area contributed by atoms with Crippen LogP contribution < -0.4 is 16.6 Å². The third-order valence-corrected chi connectivity index (χ3v) is 4.01. The number of thiazole rings is 1. The largest absolute Gasteiger partial charge is 0.324 e. The smallest absolute Gasteiger partial charge is 0.257 e. The third kappa shape index (κ3) is 2.86. The second kappa shape index (κ2) is 5.51. The van der Waals surface area contributed by atoms with Crippen molar-refractivity contribution in [3.8, 4) is 0 Å². The molecule has 0 saturated carbocycles. The number of nitrogen functional groups attached to an aromatic ring is 1. The molecule has 1 heterocycles. The van der Waals surface area contributed by atoms with Gasteiger partial charge >= 0.3 is 0 Å². The maximum Gasteiger partial charge on any atom is 0.257 e. The van der Waals surface area contributed by atoms with Crippen LogP contribution in [-0.4, -0.2) is 10.9 Å². The fourth-order valence-electron chi connectivity index (χ4n) is 1.97. The van der Waals surface area contributed by atoms with Crippen LogP contribution in [0.25, 0.3) is 10.2 Å². The van der Waals surface area contributed by atoms with Crippen molar-refractivity contribution >= 4 is 38.3 Å². The molecule has 0 fully saturated rings. The quantitative estimate of drug-likeness (QED) is 0.512. The van der Waals surface area contributed by atoms with Gasteiger partial charge in [0.2, 0.25) is 0 Å². The van der Waals surface area contributed by atoms with Gasteiger partial charge in [-0.1, -0.05) is 17.4 Å². The third-order valence-electron chi connectivity index (χ3n) is 3.08. The fourth-order valence-corrected chi connectivity index (χ4v) is 2.93. The summed E-state index contributed by atoms with van der Waals surface area (Å²) in [7, 11) is 0. The lowest BCUT2D eigenvalue weighted by Crippen LogP contribution is -2.12. The summed E-state index contributed by atoms with van der Waals surface area (Å²) in [4.78, 5) is 16.6. The van der Waals surface area contributed by atoms with Crippen molar-refractivity contribution < 1.29 is 4.79 Å². The highest BCUT2D eigenvalue weighted by Crippen LogP contribution is 2.27. The highest BCUT2D eigenvalue weighted by molar-refractivity contribution is 7.22. The van der Waals surface area contributed by atoms with Gasteiger partial charge in [0, 0.05) is 11.3 Å². The molecule has 3 rings (SSSR count). The van der Waals surface area contributed by atoms with Crippen LogP contribution in [0, 0.1) is 6.92 Å². The average Bonchev–Trinajstić information content (AvgIpc) is 2.88. The van der Waals surface area contributed by atoms with E-state index in [0.717, 1.165) is 15.9 Å². The number of nitrogens with one attached hydrogen (secondary N) is 2. The molecule has 0 aliphatic heterocycles. The van der Waals surface area contributed by atoms with Crippen molar-refractivity contribution in [1.29, 1.82) is 0 Å². The van der Waals surface area contributed by atoms with Crippen LogP contribution in [0.5, 0.6) is 0 Å². The molecule has 21 heavy (non-hydrogen) atoms. The van der Waals surface area contributed by atoms with Gasteiger partial charge in [-0.25, -0.2) is 4.98 Å². The highest BCUT2D eigenvalue weighted by atomic mass is 32.1. The first kappa shape index (κ1) is 13.5. The molecule has 3 aromatic rings. The number of aryl methyl sites for hydroxylation is 1. The summed E-state index contributed by atoms with van der Waals surface area (Å²) < 4.78 is 1.06. The molecule has 4 N–H and O–H groups in total. The van der Waals surface area contributed by atoms with Gasteiger partial charge in [-0.15, -0.1) is 0 Å². The molecular formula is C15H14N4OS. The van der Waals surface area contributed by atoms with Gasteiger partial charge in [0.1, 0.15) is 0 Å². The van der Waals surface area contributed by atoms with Crippen LogP contribution in [0.15, 0.2) is 42.5 Å². The summed E-state index contributed by atoms with van der Waals surface area (Å²) in [6.07, 6.45) is 0. The lowest BCUT2D eigenvalue weighted by molar-refractivity contribution is 0.102. The van der Waals surface area contributed by atoms with E-state index >= 15 is 0 Å². The second-order valence-electron chi connectivity index (χ2n) is 4.67. The topological polar surface area (TPSA) is 80.0 Å². The van der Waals surface area contributed by atoms with E-state index in [1.807, 2.05) is 19.1 Å². The number of nitrogens with two attached hydrogens (primary N) is 1. The summed E-state index contributed by atoms with van der Waals surface area (Å²) in [5.74, 6) is 5.11. The number of anilines is 2. The number of nitrogens with zero attached hydrogens (tertiary/aromatic N) is 1. The predicted octanol–water partition coefficient (Wildman–Crippen LogP) is 3.14. The molecule has 0 aliphatic rings. The van der Waals surface area contributed by atoms with Crippen molar-refractivity contribution in [3.63, 3.8) is 0 Å². The van der Waals surface area contributed by atoms with E-state index < -0.39 is 0 Å². The molecule has 0 saturated heterocycles. The molecule has 0 aliphatic carbocycles. The Morgan fingerprint density at radius 2 is 1.95 bits per heavy atom. The van der Waals surface area contributed by atoms with Gasteiger partial charge in [0.05, 0.1) is 10.2 Å². The standard InChI is InChI=1S/C15H14N4OS/c1-9-2-7-12-13(8-9)21-15(17-12)18-14(20)10-3-5-11(19-16)6-4-10/h2-8,19H,16H2,1H3,(H,17,18,20). The van der Waals surface area contributed by atoms with Gasteiger partial charge in [0.15, 0.2) is 5.13 Å². The minimum Gasteiger partial charge on any atom is -0.324 e. The molecule has 106 valence electrons. The Labute approximate surface area is 125 Å². The average molecular weight is 298 g/mol. The maximum absolute atomic E-state index is 12.2. The first-order valence-electron chi connectivity index (χ1n) is 6.41. The number of carbonyl (C=O) groups is 1. The van der Waals surface area contributed by atoms with E-state index in [-0.39, 0.29) is 5.91 Å². The van der Waals surface area contributed by atoms with Crippen molar-refractivity contribution in [2.24, 2.45) is 5.84 Å². The Kier molecular flexibility index (Phi) is 3.55. The minimum absolute atomic E-state index is 0.186. The number of carbonyl (C=O) groups excluding carboxylic acids is 1. The Morgan fingerprint density at radius 1 is 1.19 bits per heavy atom. The second-order valence-corrected chi connectivity index (χ2v) is 5.70. The van der Waals surface area contributed by atoms with Crippen LogP contribution in [-0.2, 0) is 0 Å². The molecule has 1 aromatic heterocycles. The molecule has 6 heteroatoms. The van der Waals surface area contributed by atoms with E-state index in [4.69, 9.17) is 5.84 Å². The molecule has 0 atom stereocenters. The Hall–Kier alpha value is -2.44. The Bertz CT molecular complexity index is 795. The molecule has 2 aromatic carbocycles. The number of hydrogen-bond donors (Lipinski definition) is 3. The van der Waals surface area contributed by atoms with E-state index in [0.29, 0.717) is 10.7 Å². The lowest BCUT2D eigenvalue weighted by Gasteiger charge is -2.03. The molecule has 0 bridgehead atoms. The van der Waals surface area contributed by atoms with Gasteiger partial charge < -0.3 is 5.43 Å². The van der Waals surface area contributed by atoms with E-state index in [2.05, 4.69) is 21.8 Å².